The van der Waals surface area contributed by atoms with Gasteiger partial charge in [0, 0.05) is 29.4 Å². The van der Waals surface area contributed by atoms with Crippen LogP contribution in [0, 0.1) is 5.82 Å². The van der Waals surface area contributed by atoms with Crippen LogP contribution in [0.2, 0.25) is 5.02 Å². The standard InChI is InChI=1S/C23H23ClFN5O3/c24-16-4-3-5-17(25)19(16)18(29-8-1-2-9-29)12-27-21(31)13-10-15-20(26-11-13)30(14-6-7-14)23(33)28-22(15)32/h3-5,10-11,14,18H,1-2,6-9,12H2,(H,27,31)(H,28,32,33). The molecule has 1 amide bonds. The molecule has 8 nitrogen and oxygen atoms in total. The van der Waals surface area contributed by atoms with E-state index in [1.54, 1.807) is 12.1 Å². The second kappa shape index (κ2) is 8.72. The van der Waals surface area contributed by atoms with E-state index in [2.05, 4.69) is 20.2 Å². The summed E-state index contributed by atoms with van der Waals surface area (Å²) in [5, 5.41) is 3.35. The van der Waals surface area contributed by atoms with Crippen LogP contribution in [0.25, 0.3) is 11.0 Å². The fraction of sp³-hybridized carbons (Fsp3) is 0.391. The number of rotatable bonds is 6. The lowest BCUT2D eigenvalue weighted by atomic mass is 10.0. The molecule has 33 heavy (non-hydrogen) atoms. The second-order valence-electron chi connectivity index (χ2n) is 8.56. The maximum atomic E-state index is 14.7. The first-order valence-corrected chi connectivity index (χ1v) is 11.4. The number of likely N-dealkylation sites (tertiary alicyclic amines) is 1. The van der Waals surface area contributed by atoms with Crippen LogP contribution < -0.4 is 16.6 Å². The number of carbonyl (C=O) groups excluding carboxylic acids is 1. The quantitative estimate of drug-likeness (QED) is 0.576. The smallest absolute Gasteiger partial charge is 0.330 e. The van der Waals surface area contributed by atoms with Crippen LogP contribution in [-0.4, -0.2) is 45.0 Å². The maximum Gasteiger partial charge on any atom is 0.330 e. The molecule has 1 saturated heterocycles. The highest BCUT2D eigenvalue weighted by atomic mass is 35.5. The summed E-state index contributed by atoms with van der Waals surface area (Å²) in [6.07, 6.45) is 5.05. The van der Waals surface area contributed by atoms with Gasteiger partial charge in [0.15, 0.2) is 0 Å². The predicted octanol–water partition coefficient (Wildman–Crippen LogP) is 2.78. The zero-order valence-corrected chi connectivity index (χ0v) is 18.6. The average molecular weight is 472 g/mol. The number of nitrogens with one attached hydrogen (secondary N) is 2. The zero-order valence-electron chi connectivity index (χ0n) is 17.8. The Morgan fingerprint density at radius 2 is 2.03 bits per heavy atom. The molecule has 172 valence electrons. The SMILES string of the molecule is O=C(NCC(c1c(F)cccc1Cl)N1CCCC1)c1cnc2c(c1)c(=O)[nH]c(=O)n2C1CC1. The highest BCUT2D eigenvalue weighted by molar-refractivity contribution is 6.31. The van der Waals surface area contributed by atoms with Crippen molar-refractivity contribution in [1.29, 1.82) is 0 Å². The summed E-state index contributed by atoms with van der Waals surface area (Å²) >= 11 is 6.32. The fourth-order valence-corrected chi connectivity index (χ4v) is 4.81. The molecule has 0 bridgehead atoms. The topological polar surface area (TPSA) is 100 Å². The van der Waals surface area contributed by atoms with Gasteiger partial charge in [-0.2, -0.15) is 0 Å². The highest BCUT2D eigenvalue weighted by Crippen LogP contribution is 2.35. The Labute approximate surface area is 193 Å². The van der Waals surface area contributed by atoms with E-state index in [-0.39, 0.29) is 29.2 Å². The summed E-state index contributed by atoms with van der Waals surface area (Å²) in [6.45, 7) is 1.73. The molecule has 2 aromatic heterocycles. The molecular weight excluding hydrogens is 449 g/mol. The van der Waals surface area contributed by atoms with Crippen molar-refractivity contribution >= 4 is 28.5 Å². The van der Waals surface area contributed by atoms with Crippen LogP contribution >= 0.6 is 11.6 Å². The minimum atomic E-state index is -0.581. The van der Waals surface area contributed by atoms with Crippen molar-refractivity contribution in [1.82, 2.24) is 24.8 Å². The van der Waals surface area contributed by atoms with Gasteiger partial charge in [0.25, 0.3) is 11.5 Å². The van der Waals surface area contributed by atoms with Crippen LogP contribution in [0.5, 0.6) is 0 Å². The summed E-state index contributed by atoms with van der Waals surface area (Å²) in [6, 6.07) is 5.61. The van der Waals surface area contributed by atoms with Gasteiger partial charge in [-0.3, -0.25) is 24.0 Å². The molecular formula is C23H23ClFN5O3. The summed E-state index contributed by atoms with van der Waals surface area (Å²) in [5.41, 5.74) is -0.246. The molecule has 3 aromatic rings. The second-order valence-corrected chi connectivity index (χ2v) is 8.97. The maximum absolute atomic E-state index is 14.7. The third-order valence-electron chi connectivity index (χ3n) is 6.32. The zero-order chi connectivity index (χ0) is 23.1. The monoisotopic (exact) mass is 471 g/mol. The van der Waals surface area contributed by atoms with Crippen molar-refractivity contribution in [3.05, 3.63) is 73.3 Å². The number of carbonyl (C=O) groups is 1. The first kappa shape index (κ1) is 21.8. The molecule has 1 aromatic carbocycles. The van der Waals surface area contributed by atoms with E-state index in [9.17, 15) is 18.8 Å². The number of hydrogen-bond donors (Lipinski definition) is 2. The van der Waals surface area contributed by atoms with Crippen LogP contribution in [0.4, 0.5) is 4.39 Å². The van der Waals surface area contributed by atoms with Gasteiger partial charge >= 0.3 is 5.69 Å². The molecule has 1 aliphatic heterocycles. The van der Waals surface area contributed by atoms with Crippen LogP contribution in [-0.2, 0) is 0 Å². The molecule has 2 fully saturated rings. The molecule has 2 N–H and O–H groups in total. The number of hydrogen-bond acceptors (Lipinski definition) is 5. The first-order valence-electron chi connectivity index (χ1n) is 11.0. The number of aromatic nitrogens is 3. The molecule has 1 atom stereocenters. The summed E-state index contributed by atoms with van der Waals surface area (Å²) in [7, 11) is 0. The minimum absolute atomic E-state index is 0.0239. The number of halogens is 2. The van der Waals surface area contributed by atoms with Gasteiger partial charge in [0.2, 0.25) is 0 Å². The predicted molar refractivity (Wildman–Crippen MR) is 122 cm³/mol. The molecule has 5 rings (SSSR count). The number of fused-ring (bicyclic) bond motifs is 1. The van der Waals surface area contributed by atoms with E-state index in [0.29, 0.717) is 10.6 Å². The number of aromatic amines is 1. The van der Waals surface area contributed by atoms with Crippen molar-refractivity contribution in [2.24, 2.45) is 0 Å². The van der Waals surface area contributed by atoms with E-state index >= 15 is 0 Å². The Bertz CT molecular complexity index is 1320. The van der Waals surface area contributed by atoms with E-state index in [1.807, 2.05) is 0 Å². The highest BCUT2D eigenvalue weighted by Gasteiger charge is 2.29. The lowest BCUT2D eigenvalue weighted by Gasteiger charge is -2.29. The van der Waals surface area contributed by atoms with E-state index in [1.165, 1.54) is 22.9 Å². The number of H-pyrrole nitrogens is 1. The number of nitrogens with zero attached hydrogens (tertiary/aromatic N) is 3. The lowest BCUT2D eigenvalue weighted by molar-refractivity contribution is 0.0937. The van der Waals surface area contributed by atoms with Gasteiger partial charge in [-0.15, -0.1) is 0 Å². The van der Waals surface area contributed by atoms with Crippen molar-refractivity contribution in [3.63, 3.8) is 0 Å². The van der Waals surface area contributed by atoms with E-state index < -0.39 is 29.0 Å². The van der Waals surface area contributed by atoms with Crippen LogP contribution in [0.15, 0.2) is 40.1 Å². The third-order valence-corrected chi connectivity index (χ3v) is 6.65. The molecule has 1 saturated carbocycles. The first-order chi connectivity index (χ1) is 15.9. The van der Waals surface area contributed by atoms with Crippen LogP contribution in [0.1, 0.15) is 53.7 Å². The van der Waals surface area contributed by atoms with Crippen molar-refractivity contribution in [2.75, 3.05) is 19.6 Å². The minimum Gasteiger partial charge on any atom is -0.350 e. The Hall–Kier alpha value is -3.04. The summed E-state index contributed by atoms with van der Waals surface area (Å²) < 4.78 is 16.1. The molecule has 10 heteroatoms. The Kier molecular flexibility index (Phi) is 5.76. The average Bonchev–Trinajstić information content (AvgIpc) is 3.47. The van der Waals surface area contributed by atoms with Gasteiger partial charge in [-0.1, -0.05) is 17.7 Å². The van der Waals surface area contributed by atoms with E-state index in [0.717, 1.165) is 38.8 Å². The van der Waals surface area contributed by atoms with Crippen molar-refractivity contribution in [2.45, 2.75) is 37.8 Å². The number of pyridine rings is 1. The molecule has 3 heterocycles. The largest absolute Gasteiger partial charge is 0.350 e. The van der Waals surface area contributed by atoms with Gasteiger partial charge in [-0.25, -0.2) is 14.2 Å². The van der Waals surface area contributed by atoms with Gasteiger partial charge in [-0.05, 0) is 57.0 Å². The van der Waals surface area contributed by atoms with Gasteiger partial charge in [0.1, 0.15) is 11.5 Å². The fourth-order valence-electron chi connectivity index (χ4n) is 4.52. The van der Waals surface area contributed by atoms with Crippen molar-refractivity contribution in [3.8, 4) is 0 Å². The molecule has 1 unspecified atom stereocenters. The van der Waals surface area contributed by atoms with Crippen LogP contribution in [0.3, 0.4) is 0 Å². The Balaban J connectivity index is 1.42. The Morgan fingerprint density at radius 1 is 1.27 bits per heavy atom. The molecule has 2 aliphatic rings. The number of benzene rings is 1. The normalized spacial score (nSPS) is 17.4. The third kappa shape index (κ3) is 4.18. The van der Waals surface area contributed by atoms with E-state index in [4.69, 9.17) is 11.6 Å². The molecule has 0 radical (unpaired) electrons. The Morgan fingerprint density at radius 3 is 2.73 bits per heavy atom. The summed E-state index contributed by atoms with van der Waals surface area (Å²) in [4.78, 5) is 46.2. The summed E-state index contributed by atoms with van der Waals surface area (Å²) in [5.74, 6) is -0.852. The van der Waals surface area contributed by atoms with Crippen molar-refractivity contribution < 1.29 is 9.18 Å². The van der Waals surface area contributed by atoms with Gasteiger partial charge < -0.3 is 5.32 Å². The van der Waals surface area contributed by atoms with Gasteiger partial charge in [0.05, 0.1) is 17.0 Å². The molecule has 0 spiro atoms. The molecule has 1 aliphatic carbocycles. The lowest BCUT2D eigenvalue weighted by Crippen LogP contribution is -2.37. The number of amides is 1.